The second-order valence-electron chi connectivity index (χ2n) is 4.81. The maximum absolute atomic E-state index is 11.8. The van der Waals surface area contributed by atoms with Gasteiger partial charge in [-0.05, 0) is 25.2 Å². The fraction of sp³-hybridized carbons (Fsp3) is 0.818. The van der Waals surface area contributed by atoms with Crippen molar-refractivity contribution in [1.29, 1.82) is 0 Å². The van der Waals surface area contributed by atoms with Crippen LogP contribution in [0, 0.1) is 17.8 Å². The standard InChI is InChI=1S/C11H17NO3/c1-6-5-9(6)12-10(13)7-3-2-4-8(7)11(14)15/h6-9H,2-5H2,1H3,(H,12,13)(H,14,15). The minimum Gasteiger partial charge on any atom is -0.481 e. The molecule has 0 aromatic carbocycles. The molecule has 84 valence electrons. The van der Waals surface area contributed by atoms with Crippen LogP contribution in [0.25, 0.3) is 0 Å². The largest absolute Gasteiger partial charge is 0.481 e. The average Bonchev–Trinajstić information content (AvgIpc) is 2.71. The maximum atomic E-state index is 11.8. The molecule has 2 fully saturated rings. The number of hydrogen-bond acceptors (Lipinski definition) is 2. The summed E-state index contributed by atoms with van der Waals surface area (Å²) in [7, 11) is 0. The van der Waals surface area contributed by atoms with Crippen molar-refractivity contribution in [3.8, 4) is 0 Å². The Balaban J connectivity index is 1.91. The van der Waals surface area contributed by atoms with Gasteiger partial charge in [0.1, 0.15) is 0 Å². The second-order valence-corrected chi connectivity index (χ2v) is 4.81. The molecule has 0 saturated heterocycles. The van der Waals surface area contributed by atoms with E-state index in [-0.39, 0.29) is 11.8 Å². The zero-order valence-electron chi connectivity index (χ0n) is 8.90. The van der Waals surface area contributed by atoms with Gasteiger partial charge < -0.3 is 10.4 Å². The quantitative estimate of drug-likeness (QED) is 0.732. The number of carbonyl (C=O) groups is 2. The summed E-state index contributed by atoms with van der Waals surface area (Å²) in [5.41, 5.74) is 0. The van der Waals surface area contributed by atoms with E-state index in [2.05, 4.69) is 12.2 Å². The van der Waals surface area contributed by atoms with Gasteiger partial charge in [0, 0.05) is 6.04 Å². The van der Waals surface area contributed by atoms with Crippen LogP contribution in [0.5, 0.6) is 0 Å². The Morgan fingerprint density at radius 3 is 2.40 bits per heavy atom. The molecular formula is C11H17NO3. The van der Waals surface area contributed by atoms with Crippen LogP contribution in [0.1, 0.15) is 32.6 Å². The van der Waals surface area contributed by atoms with Crippen molar-refractivity contribution in [3.63, 3.8) is 0 Å². The molecule has 4 nitrogen and oxygen atoms in total. The first-order chi connectivity index (χ1) is 7.09. The molecule has 0 radical (unpaired) electrons. The van der Waals surface area contributed by atoms with Crippen LogP contribution in [0.2, 0.25) is 0 Å². The molecule has 2 aliphatic rings. The van der Waals surface area contributed by atoms with E-state index in [0.717, 1.165) is 19.3 Å². The van der Waals surface area contributed by atoms with Gasteiger partial charge in [0.2, 0.25) is 5.91 Å². The third kappa shape index (κ3) is 2.13. The molecule has 15 heavy (non-hydrogen) atoms. The summed E-state index contributed by atoms with van der Waals surface area (Å²) >= 11 is 0. The highest BCUT2D eigenvalue weighted by Crippen LogP contribution is 2.34. The Bertz CT molecular complexity index is 290. The number of nitrogens with one attached hydrogen (secondary N) is 1. The van der Waals surface area contributed by atoms with E-state index in [0.29, 0.717) is 18.4 Å². The highest BCUT2D eigenvalue weighted by molar-refractivity contribution is 5.85. The van der Waals surface area contributed by atoms with Crippen molar-refractivity contribution in [3.05, 3.63) is 0 Å². The van der Waals surface area contributed by atoms with Gasteiger partial charge in [-0.2, -0.15) is 0 Å². The van der Waals surface area contributed by atoms with Crippen molar-refractivity contribution < 1.29 is 14.7 Å². The van der Waals surface area contributed by atoms with Gasteiger partial charge in [-0.3, -0.25) is 9.59 Å². The summed E-state index contributed by atoms with van der Waals surface area (Å²) in [5, 5.41) is 11.9. The van der Waals surface area contributed by atoms with Crippen LogP contribution in [0.3, 0.4) is 0 Å². The van der Waals surface area contributed by atoms with Gasteiger partial charge >= 0.3 is 5.97 Å². The molecule has 4 atom stereocenters. The van der Waals surface area contributed by atoms with Gasteiger partial charge in [-0.1, -0.05) is 13.3 Å². The molecule has 1 amide bonds. The number of carboxylic acid groups (broad SMARTS) is 1. The Hall–Kier alpha value is -1.06. The monoisotopic (exact) mass is 211 g/mol. The topological polar surface area (TPSA) is 66.4 Å². The van der Waals surface area contributed by atoms with Crippen LogP contribution in [-0.4, -0.2) is 23.0 Å². The highest BCUT2D eigenvalue weighted by Gasteiger charge is 2.41. The van der Waals surface area contributed by atoms with Crippen LogP contribution >= 0.6 is 0 Å². The highest BCUT2D eigenvalue weighted by atomic mass is 16.4. The molecule has 0 aromatic rings. The smallest absolute Gasteiger partial charge is 0.307 e. The van der Waals surface area contributed by atoms with E-state index >= 15 is 0 Å². The lowest BCUT2D eigenvalue weighted by Crippen LogP contribution is -2.36. The number of carbonyl (C=O) groups excluding carboxylic acids is 1. The van der Waals surface area contributed by atoms with E-state index in [4.69, 9.17) is 5.11 Å². The van der Waals surface area contributed by atoms with E-state index in [1.807, 2.05) is 0 Å². The first-order valence-electron chi connectivity index (χ1n) is 5.62. The Morgan fingerprint density at radius 2 is 1.87 bits per heavy atom. The molecule has 2 N–H and O–H groups in total. The van der Waals surface area contributed by atoms with Crippen LogP contribution < -0.4 is 5.32 Å². The number of amides is 1. The molecule has 0 aliphatic heterocycles. The summed E-state index contributed by atoms with van der Waals surface area (Å²) in [4.78, 5) is 22.7. The maximum Gasteiger partial charge on any atom is 0.307 e. The molecular weight excluding hydrogens is 194 g/mol. The molecule has 2 aliphatic carbocycles. The normalized spacial score (nSPS) is 38.7. The first kappa shape index (κ1) is 10.5. The van der Waals surface area contributed by atoms with Crippen molar-refractivity contribution in [2.45, 2.75) is 38.6 Å². The van der Waals surface area contributed by atoms with Crippen LogP contribution in [-0.2, 0) is 9.59 Å². The van der Waals surface area contributed by atoms with Gasteiger partial charge in [-0.25, -0.2) is 0 Å². The van der Waals surface area contributed by atoms with Crippen molar-refractivity contribution >= 4 is 11.9 Å². The third-order valence-corrected chi connectivity index (χ3v) is 3.61. The summed E-state index contributed by atoms with van der Waals surface area (Å²) in [6.45, 7) is 2.09. The van der Waals surface area contributed by atoms with Gasteiger partial charge in [0.05, 0.1) is 11.8 Å². The lowest BCUT2D eigenvalue weighted by molar-refractivity contribution is -0.146. The minimum absolute atomic E-state index is 0.0470. The summed E-state index contributed by atoms with van der Waals surface area (Å²) in [6, 6.07) is 0.299. The van der Waals surface area contributed by atoms with E-state index in [9.17, 15) is 9.59 Å². The minimum atomic E-state index is -0.823. The zero-order valence-corrected chi connectivity index (χ0v) is 8.90. The summed E-state index contributed by atoms with van der Waals surface area (Å²) in [5.74, 6) is -1.06. The van der Waals surface area contributed by atoms with E-state index in [1.54, 1.807) is 0 Å². The molecule has 0 aromatic heterocycles. The number of hydrogen-bond donors (Lipinski definition) is 2. The predicted molar refractivity (Wildman–Crippen MR) is 54.2 cm³/mol. The molecule has 4 heteroatoms. The van der Waals surface area contributed by atoms with Crippen LogP contribution in [0.4, 0.5) is 0 Å². The van der Waals surface area contributed by atoms with Crippen molar-refractivity contribution in [2.24, 2.45) is 17.8 Å². The fourth-order valence-corrected chi connectivity index (χ4v) is 2.38. The summed E-state index contributed by atoms with van der Waals surface area (Å²) < 4.78 is 0. The fourth-order valence-electron chi connectivity index (χ4n) is 2.38. The van der Waals surface area contributed by atoms with E-state index < -0.39 is 11.9 Å². The Morgan fingerprint density at radius 1 is 1.27 bits per heavy atom. The molecule has 4 unspecified atom stereocenters. The molecule has 0 spiro atoms. The van der Waals surface area contributed by atoms with Gasteiger partial charge in [0.15, 0.2) is 0 Å². The van der Waals surface area contributed by atoms with Crippen LogP contribution in [0.15, 0.2) is 0 Å². The lowest BCUT2D eigenvalue weighted by Gasteiger charge is -2.15. The third-order valence-electron chi connectivity index (χ3n) is 3.61. The molecule has 0 heterocycles. The zero-order chi connectivity index (χ0) is 11.0. The predicted octanol–water partition coefficient (Wildman–Crippen LogP) is 1.01. The van der Waals surface area contributed by atoms with Crippen molar-refractivity contribution in [1.82, 2.24) is 5.32 Å². The number of rotatable bonds is 3. The molecule has 0 bridgehead atoms. The molecule has 2 rings (SSSR count). The summed E-state index contributed by atoms with van der Waals surface area (Å²) in [6.07, 6.45) is 3.27. The van der Waals surface area contributed by atoms with Gasteiger partial charge in [-0.15, -0.1) is 0 Å². The molecule has 2 saturated carbocycles. The number of carboxylic acids is 1. The number of aliphatic carboxylic acids is 1. The van der Waals surface area contributed by atoms with Gasteiger partial charge in [0.25, 0.3) is 0 Å². The van der Waals surface area contributed by atoms with Crippen molar-refractivity contribution in [2.75, 3.05) is 0 Å². The SMILES string of the molecule is CC1CC1NC(=O)C1CCCC1C(=O)O. The lowest BCUT2D eigenvalue weighted by atomic mass is 9.95. The Labute approximate surface area is 89.0 Å². The first-order valence-corrected chi connectivity index (χ1v) is 5.62. The van der Waals surface area contributed by atoms with E-state index in [1.165, 1.54) is 0 Å². The average molecular weight is 211 g/mol. The Kier molecular flexibility index (Phi) is 2.67. The second kappa shape index (κ2) is 3.83.